The summed E-state index contributed by atoms with van der Waals surface area (Å²) in [5.74, 6) is 0. The Bertz CT molecular complexity index is 374. The van der Waals surface area contributed by atoms with E-state index in [9.17, 15) is 0 Å². The fourth-order valence-electron chi connectivity index (χ4n) is 2.25. The number of nitrogen functional groups attached to an aromatic ring is 2. The van der Waals surface area contributed by atoms with E-state index in [1.54, 1.807) is 0 Å². The maximum atomic E-state index is 5.87. The van der Waals surface area contributed by atoms with Crippen molar-refractivity contribution < 1.29 is 0 Å². The minimum Gasteiger partial charge on any atom is -0.397 e. The lowest BCUT2D eigenvalue weighted by molar-refractivity contribution is 0.301. The summed E-state index contributed by atoms with van der Waals surface area (Å²) >= 11 is 0. The van der Waals surface area contributed by atoms with Gasteiger partial charge in [0.1, 0.15) is 0 Å². The van der Waals surface area contributed by atoms with Crippen LogP contribution in [0, 0.1) is 0 Å². The quantitative estimate of drug-likeness (QED) is 0.708. The van der Waals surface area contributed by atoms with Gasteiger partial charge in [0, 0.05) is 18.8 Å². The first kappa shape index (κ1) is 15.6. The molecule has 19 heavy (non-hydrogen) atoms. The van der Waals surface area contributed by atoms with Crippen molar-refractivity contribution in [2.45, 2.75) is 27.2 Å². The maximum Gasteiger partial charge on any atom is 0.0568 e. The van der Waals surface area contributed by atoms with Crippen molar-refractivity contribution in [2.24, 2.45) is 0 Å². The summed E-state index contributed by atoms with van der Waals surface area (Å²) in [6.45, 7) is 12.0. The second kappa shape index (κ2) is 7.89. The predicted octanol–water partition coefficient (Wildman–Crippen LogP) is 2.41. The van der Waals surface area contributed by atoms with Crippen LogP contribution in [0.2, 0.25) is 0 Å². The highest BCUT2D eigenvalue weighted by atomic mass is 15.1. The van der Waals surface area contributed by atoms with Gasteiger partial charge >= 0.3 is 0 Å². The van der Waals surface area contributed by atoms with Gasteiger partial charge in [0.25, 0.3) is 0 Å². The molecule has 4 N–H and O–H groups in total. The van der Waals surface area contributed by atoms with E-state index >= 15 is 0 Å². The van der Waals surface area contributed by atoms with Crippen LogP contribution in [0.15, 0.2) is 18.2 Å². The van der Waals surface area contributed by atoms with Gasteiger partial charge in [-0.1, -0.05) is 13.8 Å². The molecule has 0 heterocycles. The van der Waals surface area contributed by atoms with Crippen molar-refractivity contribution in [3.05, 3.63) is 18.2 Å². The van der Waals surface area contributed by atoms with Gasteiger partial charge in [-0.05, 0) is 51.2 Å². The Labute approximate surface area is 117 Å². The van der Waals surface area contributed by atoms with Crippen LogP contribution in [0.1, 0.15) is 27.2 Å². The van der Waals surface area contributed by atoms with Crippen LogP contribution in [0.3, 0.4) is 0 Å². The molecule has 0 aliphatic carbocycles. The topological polar surface area (TPSA) is 58.5 Å². The van der Waals surface area contributed by atoms with E-state index in [-0.39, 0.29) is 0 Å². The minimum atomic E-state index is 0.656. The molecule has 4 nitrogen and oxygen atoms in total. The zero-order valence-electron chi connectivity index (χ0n) is 12.5. The van der Waals surface area contributed by atoms with Gasteiger partial charge in [0.15, 0.2) is 0 Å². The van der Waals surface area contributed by atoms with E-state index in [0.717, 1.165) is 38.4 Å². The van der Waals surface area contributed by atoms with Gasteiger partial charge in [-0.3, -0.25) is 0 Å². The summed E-state index contributed by atoms with van der Waals surface area (Å²) in [4.78, 5) is 4.80. The second-order valence-electron chi connectivity index (χ2n) is 4.77. The number of benzene rings is 1. The summed E-state index contributed by atoms with van der Waals surface area (Å²) in [6.07, 6.45) is 1.17. The van der Waals surface area contributed by atoms with Crippen LogP contribution in [-0.4, -0.2) is 37.6 Å². The molecular formula is C15H28N4. The molecule has 108 valence electrons. The lowest BCUT2D eigenvalue weighted by atomic mass is 10.2. The van der Waals surface area contributed by atoms with Gasteiger partial charge in [0.2, 0.25) is 0 Å². The van der Waals surface area contributed by atoms with E-state index in [2.05, 4.69) is 30.6 Å². The van der Waals surface area contributed by atoms with Crippen LogP contribution in [0.25, 0.3) is 0 Å². The van der Waals surface area contributed by atoms with Gasteiger partial charge in [0.05, 0.1) is 11.4 Å². The smallest absolute Gasteiger partial charge is 0.0568 e. The number of hydrogen-bond acceptors (Lipinski definition) is 4. The summed E-state index contributed by atoms with van der Waals surface area (Å²) in [5, 5.41) is 0. The monoisotopic (exact) mass is 264 g/mol. The van der Waals surface area contributed by atoms with E-state index in [1.165, 1.54) is 6.42 Å². The Hall–Kier alpha value is -1.42. The van der Waals surface area contributed by atoms with Crippen molar-refractivity contribution in [3.8, 4) is 0 Å². The molecule has 0 unspecified atom stereocenters. The lowest BCUT2D eigenvalue weighted by Crippen LogP contribution is -2.30. The molecule has 0 fully saturated rings. The Morgan fingerprint density at radius 1 is 0.895 bits per heavy atom. The van der Waals surface area contributed by atoms with Crippen LogP contribution < -0.4 is 16.4 Å². The highest BCUT2D eigenvalue weighted by molar-refractivity contribution is 5.69. The molecule has 0 amide bonds. The van der Waals surface area contributed by atoms with Crippen LogP contribution in [-0.2, 0) is 0 Å². The molecule has 4 heteroatoms. The lowest BCUT2D eigenvalue weighted by Gasteiger charge is -2.25. The van der Waals surface area contributed by atoms with Gasteiger partial charge in [-0.2, -0.15) is 0 Å². The zero-order valence-corrected chi connectivity index (χ0v) is 12.5. The number of anilines is 3. The van der Waals surface area contributed by atoms with Crippen molar-refractivity contribution in [1.82, 2.24) is 4.90 Å². The largest absolute Gasteiger partial charge is 0.397 e. The fourth-order valence-corrected chi connectivity index (χ4v) is 2.25. The third-order valence-electron chi connectivity index (χ3n) is 3.61. The minimum absolute atomic E-state index is 0.656. The molecule has 0 bridgehead atoms. The molecule has 0 spiro atoms. The molecule has 1 aromatic carbocycles. The number of hydrogen-bond donors (Lipinski definition) is 2. The first-order chi connectivity index (χ1) is 9.12. The van der Waals surface area contributed by atoms with Gasteiger partial charge < -0.3 is 21.3 Å². The fraction of sp³-hybridized carbons (Fsp3) is 0.600. The van der Waals surface area contributed by atoms with Gasteiger partial charge in [-0.25, -0.2) is 0 Å². The highest BCUT2D eigenvalue weighted by Gasteiger charge is 2.07. The molecule has 0 aliphatic heterocycles. The average molecular weight is 264 g/mol. The number of nitrogens with zero attached hydrogens (tertiary/aromatic N) is 2. The molecule has 0 aromatic heterocycles. The molecule has 1 rings (SSSR count). The molecule has 0 saturated heterocycles. The molecule has 0 radical (unpaired) electrons. The Kier molecular flexibility index (Phi) is 6.50. The summed E-state index contributed by atoms with van der Waals surface area (Å²) in [7, 11) is 0. The van der Waals surface area contributed by atoms with Crippen LogP contribution in [0.5, 0.6) is 0 Å². The Balaban J connectivity index is 2.55. The molecule has 0 atom stereocenters. The number of rotatable bonds is 8. The normalized spacial score (nSPS) is 10.9. The van der Waals surface area contributed by atoms with Crippen LogP contribution in [0.4, 0.5) is 17.1 Å². The zero-order chi connectivity index (χ0) is 14.3. The summed E-state index contributed by atoms with van der Waals surface area (Å²) in [5.41, 5.74) is 14.1. The van der Waals surface area contributed by atoms with E-state index in [1.807, 2.05) is 18.2 Å². The van der Waals surface area contributed by atoms with E-state index in [0.29, 0.717) is 11.4 Å². The standard InChI is InChI=1S/C15H28N4/c1-4-18(5-2)10-7-11-19(6-3)13-8-9-14(16)15(17)12-13/h8-9,12H,4-7,10-11,16-17H2,1-3H3. The van der Waals surface area contributed by atoms with Gasteiger partial charge in [-0.15, -0.1) is 0 Å². The molecular weight excluding hydrogens is 236 g/mol. The van der Waals surface area contributed by atoms with E-state index < -0.39 is 0 Å². The third-order valence-corrected chi connectivity index (χ3v) is 3.61. The first-order valence-corrected chi connectivity index (χ1v) is 7.24. The highest BCUT2D eigenvalue weighted by Crippen LogP contribution is 2.23. The summed E-state index contributed by atoms with van der Waals surface area (Å²) in [6, 6.07) is 5.90. The van der Waals surface area contributed by atoms with Crippen molar-refractivity contribution in [1.29, 1.82) is 0 Å². The first-order valence-electron chi connectivity index (χ1n) is 7.24. The molecule has 1 aromatic rings. The SMILES string of the molecule is CCN(CC)CCCN(CC)c1ccc(N)c(N)c1. The average Bonchev–Trinajstić information content (AvgIpc) is 2.42. The Morgan fingerprint density at radius 3 is 2.11 bits per heavy atom. The molecule has 0 aliphatic rings. The van der Waals surface area contributed by atoms with Crippen LogP contribution >= 0.6 is 0 Å². The van der Waals surface area contributed by atoms with Crippen molar-refractivity contribution >= 4 is 17.1 Å². The van der Waals surface area contributed by atoms with E-state index in [4.69, 9.17) is 11.5 Å². The van der Waals surface area contributed by atoms with Crippen molar-refractivity contribution in [3.63, 3.8) is 0 Å². The number of nitrogens with two attached hydrogens (primary N) is 2. The Morgan fingerprint density at radius 2 is 1.58 bits per heavy atom. The predicted molar refractivity (Wildman–Crippen MR) is 85.6 cm³/mol. The maximum absolute atomic E-state index is 5.87. The van der Waals surface area contributed by atoms with Crippen molar-refractivity contribution in [2.75, 3.05) is 49.1 Å². The summed E-state index contributed by atoms with van der Waals surface area (Å²) < 4.78 is 0. The third kappa shape index (κ3) is 4.63. The molecule has 0 saturated carbocycles. The second-order valence-corrected chi connectivity index (χ2v) is 4.77.